The number of anilines is 2. The van der Waals surface area contributed by atoms with Gasteiger partial charge in [0.2, 0.25) is 5.91 Å². The topological polar surface area (TPSA) is 115 Å². The fraction of sp³-hybridized carbons (Fsp3) is 0. The zero-order valence-electron chi connectivity index (χ0n) is 9.66. The minimum Gasteiger partial charge on any atom is -0.398 e. The van der Waals surface area contributed by atoms with Crippen LogP contribution in [0.4, 0.5) is 11.4 Å². The van der Waals surface area contributed by atoms with Crippen LogP contribution in [0, 0.1) is 0 Å². The van der Waals surface area contributed by atoms with Gasteiger partial charge in [-0.05, 0) is 30.3 Å². The van der Waals surface area contributed by atoms with E-state index in [2.05, 4.69) is 4.72 Å². The van der Waals surface area contributed by atoms with Crippen LogP contribution in [0.25, 0.3) is 0 Å². The molecule has 0 unspecified atom stereocenters. The van der Waals surface area contributed by atoms with Crippen molar-refractivity contribution in [3.63, 3.8) is 0 Å². The number of benzene rings is 1. The van der Waals surface area contributed by atoms with Gasteiger partial charge in [0.25, 0.3) is 10.0 Å². The van der Waals surface area contributed by atoms with E-state index in [0.717, 1.165) is 11.3 Å². The molecule has 0 aliphatic carbocycles. The van der Waals surface area contributed by atoms with E-state index in [4.69, 9.17) is 11.5 Å². The molecule has 0 atom stereocenters. The van der Waals surface area contributed by atoms with Gasteiger partial charge in [0.05, 0.1) is 0 Å². The van der Waals surface area contributed by atoms with E-state index >= 15 is 0 Å². The Labute approximate surface area is 114 Å². The zero-order valence-corrected chi connectivity index (χ0v) is 11.3. The summed E-state index contributed by atoms with van der Waals surface area (Å²) in [7, 11) is -3.65. The molecule has 0 bridgehead atoms. The summed E-state index contributed by atoms with van der Waals surface area (Å²) >= 11 is 1.03. The zero-order chi connectivity index (χ0) is 14.0. The van der Waals surface area contributed by atoms with Gasteiger partial charge in [0.15, 0.2) is 0 Å². The fourth-order valence-corrected chi connectivity index (χ4v) is 3.52. The third kappa shape index (κ3) is 3.04. The Morgan fingerprint density at radius 3 is 2.32 bits per heavy atom. The minimum atomic E-state index is -3.65. The quantitative estimate of drug-likeness (QED) is 0.787. The minimum absolute atomic E-state index is 0.129. The lowest BCUT2D eigenvalue weighted by Crippen LogP contribution is -2.13. The summed E-state index contributed by atoms with van der Waals surface area (Å²) in [6, 6.07) is 7.21. The van der Waals surface area contributed by atoms with E-state index in [9.17, 15) is 13.2 Å². The molecule has 6 nitrogen and oxygen atoms in total. The first-order chi connectivity index (χ1) is 8.88. The normalized spacial score (nSPS) is 11.2. The predicted octanol–water partition coefficient (Wildman–Crippen LogP) is 1.23. The molecule has 1 heterocycles. The highest BCUT2D eigenvalue weighted by Gasteiger charge is 2.16. The molecule has 1 aromatic carbocycles. The van der Waals surface area contributed by atoms with Gasteiger partial charge in [-0.15, -0.1) is 11.3 Å². The molecule has 1 amide bonds. The van der Waals surface area contributed by atoms with Crippen molar-refractivity contribution in [3.8, 4) is 0 Å². The number of amides is 1. The molecule has 2 rings (SSSR count). The molecule has 0 radical (unpaired) electrons. The molecule has 0 aliphatic rings. The van der Waals surface area contributed by atoms with E-state index < -0.39 is 15.9 Å². The molecule has 0 saturated heterocycles. The lowest BCUT2D eigenvalue weighted by atomic mass is 10.2. The van der Waals surface area contributed by atoms with Crippen LogP contribution in [-0.2, 0) is 10.0 Å². The Balaban J connectivity index is 2.23. The van der Waals surface area contributed by atoms with Gasteiger partial charge in [0.1, 0.15) is 4.21 Å². The molecular weight excluding hydrogens is 286 g/mol. The van der Waals surface area contributed by atoms with Crippen LogP contribution in [0.15, 0.2) is 39.9 Å². The summed E-state index contributed by atoms with van der Waals surface area (Å²) in [5.41, 5.74) is 11.6. The number of carbonyl (C=O) groups excluding carboxylic acids is 1. The number of nitrogens with one attached hydrogen (secondary N) is 1. The Kier molecular flexibility index (Phi) is 3.45. The van der Waals surface area contributed by atoms with Crippen molar-refractivity contribution in [2.75, 3.05) is 10.5 Å². The van der Waals surface area contributed by atoms with Crippen LogP contribution in [0.1, 0.15) is 10.4 Å². The van der Waals surface area contributed by atoms with Crippen LogP contribution in [0.3, 0.4) is 0 Å². The highest BCUT2D eigenvalue weighted by atomic mass is 32.2. The van der Waals surface area contributed by atoms with Crippen molar-refractivity contribution >= 4 is 38.6 Å². The number of hydrogen-bond donors (Lipinski definition) is 3. The number of carbonyl (C=O) groups is 1. The average molecular weight is 297 g/mol. The predicted molar refractivity (Wildman–Crippen MR) is 74.5 cm³/mol. The van der Waals surface area contributed by atoms with Crippen LogP contribution in [0.2, 0.25) is 0 Å². The number of thiophene rings is 1. The van der Waals surface area contributed by atoms with Gasteiger partial charge >= 0.3 is 0 Å². The lowest BCUT2D eigenvalue weighted by molar-refractivity contribution is 0.100. The van der Waals surface area contributed by atoms with E-state index in [-0.39, 0.29) is 4.21 Å². The molecule has 0 spiro atoms. The second-order valence-electron chi connectivity index (χ2n) is 3.75. The number of nitrogens with two attached hydrogens (primary N) is 2. The molecule has 19 heavy (non-hydrogen) atoms. The Morgan fingerprint density at radius 2 is 1.84 bits per heavy atom. The Morgan fingerprint density at radius 1 is 1.21 bits per heavy atom. The van der Waals surface area contributed by atoms with Crippen molar-refractivity contribution in [3.05, 3.63) is 41.3 Å². The van der Waals surface area contributed by atoms with Gasteiger partial charge < -0.3 is 11.5 Å². The first-order valence-corrected chi connectivity index (χ1v) is 7.51. The maximum Gasteiger partial charge on any atom is 0.271 e. The van der Waals surface area contributed by atoms with Gasteiger partial charge in [-0.2, -0.15) is 0 Å². The summed E-state index contributed by atoms with van der Waals surface area (Å²) in [6.07, 6.45) is 0. The molecule has 100 valence electrons. The standard InChI is InChI=1S/C11H11N3O3S2/c12-8-5-10(18-6-8)19(16,17)14-9-3-1-7(2-4-9)11(13)15/h1-6,14H,12H2,(H2,13,15). The number of hydrogen-bond acceptors (Lipinski definition) is 5. The van der Waals surface area contributed by atoms with Crippen molar-refractivity contribution in [1.29, 1.82) is 0 Å². The highest BCUT2D eigenvalue weighted by molar-refractivity contribution is 7.94. The lowest BCUT2D eigenvalue weighted by Gasteiger charge is -2.06. The number of rotatable bonds is 4. The summed E-state index contributed by atoms with van der Waals surface area (Å²) in [4.78, 5) is 10.9. The van der Waals surface area contributed by atoms with Crippen molar-refractivity contribution in [2.24, 2.45) is 5.73 Å². The van der Waals surface area contributed by atoms with Crippen molar-refractivity contribution in [1.82, 2.24) is 0 Å². The maximum absolute atomic E-state index is 12.0. The van der Waals surface area contributed by atoms with E-state index in [1.807, 2.05) is 0 Å². The maximum atomic E-state index is 12.0. The SMILES string of the molecule is NC(=O)c1ccc(NS(=O)(=O)c2cc(N)cs2)cc1. The Bertz CT molecular complexity index is 705. The molecule has 0 aliphatic heterocycles. The number of primary amides is 1. The fourth-order valence-electron chi connectivity index (χ4n) is 1.38. The summed E-state index contributed by atoms with van der Waals surface area (Å²) in [5.74, 6) is -0.569. The molecule has 0 saturated carbocycles. The smallest absolute Gasteiger partial charge is 0.271 e. The third-order valence-corrected chi connectivity index (χ3v) is 5.12. The average Bonchev–Trinajstić information content (AvgIpc) is 2.77. The van der Waals surface area contributed by atoms with Crippen LogP contribution < -0.4 is 16.2 Å². The first kappa shape index (κ1) is 13.4. The first-order valence-electron chi connectivity index (χ1n) is 5.15. The molecule has 1 aromatic heterocycles. The second-order valence-corrected chi connectivity index (χ2v) is 6.57. The van der Waals surface area contributed by atoms with E-state index in [1.165, 1.54) is 30.3 Å². The van der Waals surface area contributed by atoms with Gasteiger partial charge in [-0.1, -0.05) is 0 Å². The molecule has 2 aromatic rings. The third-order valence-electron chi connectivity index (χ3n) is 2.28. The van der Waals surface area contributed by atoms with Gasteiger partial charge in [-0.25, -0.2) is 8.42 Å². The molecular formula is C11H11N3O3S2. The molecule has 5 N–H and O–H groups in total. The van der Waals surface area contributed by atoms with Crippen LogP contribution in [0.5, 0.6) is 0 Å². The largest absolute Gasteiger partial charge is 0.398 e. The summed E-state index contributed by atoms with van der Waals surface area (Å²) in [6.45, 7) is 0. The highest BCUT2D eigenvalue weighted by Crippen LogP contribution is 2.24. The monoisotopic (exact) mass is 297 g/mol. The van der Waals surface area contributed by atoms with Crippen molar-refractivity contribution < 1.29 is 13.2 Å². The molecule has 8 heteroatoms. The molecule has 0 fully saturated rings. The Hall–Kier alpha value is -2.06. The van der Waals surface area contributed by atoms with Crippen LogP contribution in [-0.4, -0.2) is 14.3 Å². The summed E-state index contributed by atoms with van der Waals surface area (Å²) in [5, 5.41) is 1.55. The van der Waals surface area contributed by atoms with Gasteiger partial charge in [-0.3, -0.25) is 9.52 Å². The van der Waals surface area contributed by atoms with Crippen LogP contribution >= 0.6 is 11.3 Å². The summed E-state index contributed by atoms with van der Waals surface area (Å²) < 4.78 is 26.5. The second kappa shape index (κ2) is 4.90. The number of sulfonamides is 1. The van der Waals surface area contributed by atoms with Gasteiger partial charge in [0, 0.05) is 22.3 Å². The number of nitrogen functional groups attached to an aromatic ring is 1. The van der Waals surface area contributed by atoms with E-state index in [1.54, 1.807) is 5.38 Å². The van der Waals surface area contributed by atoms with Crippen molar-refractivity contribution in [2.45, 2.75) is 4.21 Å². The van der Waals surface area contributed by atoms with E-state index in [0.29, 0.717) is 16.9 Å².